The molecule has 1 aromatic heterocycles. The Hall–Kier alpha value is 0.392. The molecule has 19 heavy (non-hydrogen) atoms. The van der Waals surface area contributed by atoms with Gasteiger partial charge in [-0.05, 0) is 6.92 Å². The van der Waals surface area contributed by atoms with Crippen LogP contribution in [0.3, 0.4) is 0 Å². The molecule has 0 aliphatic carbocycles. The number of aryl methyl sites for hydroxylation is 1. The number of aromatic amines is 1. The predicted molar refractivity (Wildman–Crippen MR) is 71.2 cm³/mol. The third kappa shape index (κ3) is 4.18. The molecule has 0 amide bonds. The molecule has 0 aromatic carbocycles. The zero-order chi connectivity index (χ0) is 12.6. The molecule has 0 bridgehead atoms. The molecule has 1 saturated heterocycles. The molecule has 1 radical (unpaired) electrons. The van der Waals surface area contributed by atoms with Crippen molar-refractivity contribution in [2.24, 2.45) is 0 Å². The van der Waals surface area contributed by atoms with Gasteiger partial charge >= 0.3 is 5.69 Å². The third-order valence-corrected chi connectivity index (χ3v) is 3.20. The number of ether oxygens (including phenoxy) is 1. The first-order valence-corrected chi connectivity index (χ1v) is 5.92. The first kappa shape index (κ1) is 19.4. The molecule has 1 aromatic rings. The van der Waals surface area contributed by atoms with Crippen LogP contribution in [0.5, 0.6) is 0 Å². The molecule has 0 saturated carbocycles. The molecule has 3 atom stereocenters. The van der Waals surface area contributed by atoms with Gasteiger partial charge < -0.3 is 9.84 Å². The Morgan fingerprint density at radius 2 is 2.21 bits per heavy atom. The van der Waals surface area contributed by atoms with Crippen molar-refractivity contribution < 1.29 is 53.9 Å². The SMILES string of the molecule is C.Cc1cn(C2CC(O)[C@@H](CS)O2)c(=O)[nH]c1=O.[Ac]. The molecule has 1 aliphatic rings. The van der Waals surface area contributed by atoms with E-state index in [1.165, 1.54) is 10.8 Å². The molecule has 8 heteroatoms. The van der Waals surface area contributed by atoms with Crippen LogP contribution >= 0.6 is 12.6 Å². The molecule has 2 N–H and O–H groups in total. The summed E-state index contributed by atoms with van der Waals surface area (Å²) in [6.45, 7) is 1.61. The number of rotatable bonds is 2. The molecule has 2 rings (SSSR count). The number of aromatic nitrogens is 2. The Labute approximate surface area is 152 Å². The second-order valence-corrected chi connectivity index (χ2v) is 4.46. The smallest absolute Gasteiger partial charge is 0.330 e. The Balaban J connectivity index is 0.00000162. The number of thiol groups is 1. The predicted octanol–water partition coefficient (Wildman–Crippen LogP) is 0.0593. The van der Waals surface area contributed by atoms with Crippen LogP contribution < -0.4 is 11.2 Å². The van der Waals surface area contributed by atoms with Crippen molar-refractivity contribution in [3.8, 4) is 0 Å². The van der Waals surface area contributed by atoms with Gasteiger partial charge in [-0.2, -0.15) is 12.6 Å². The van der Waals surface area contributed by atoms with Crippen LogP contribution in [0.15, 0.2) is 15.8 Å². The average Bonchev–Trinajstić information content (AvgIpc) is 2.65. The Bertz CT molecular complexity index is 530. The van der Waals surface area contributed by atoms with Crippen molar-refractivity contribution >= 4 is 12.6 Å². The maximum absolute atomic E-state index is 11.6. The second-order valence-electron chi connectivity index (χ2n) is 4.09. The van der Waals surface area contributed by atoms with Crippen molar-refractivity contribution in [3.05, 3.63) is 32.6 Å². The molecule has 2 heterocycles. The van der Waals surface area contributed by atoms with Gasteiger partial charge in [0, 0.05) is 68.0 Å². The van der Waals surface area contributed by atoms with E-state index in [0.717, 1.165) is 0 Å². The van der Waals surface area contributed by atoms with Gasteiger partial charge in [0.2, 0.25) is 0 Å². The van der Waals surface area contributed by atoms with Gasteiger partial charge in [-0.15, -0.1) is 0 Å². The number of aliphatic hydroxyl groups is 1. The van der Waals surface area contributed by atoms with Crippen molar-refractivity contribution in [2.75, 3.05) is 5.75 Å². The standard InChI is InChI=1S/C10H14N2O4S.CH4.Ac/c1-5-3-12(10(15)11-9(5)14)8-2-6(13)7(4-17)16-8;;/h3,6-8,13,17H,2,4H2,1H3,(H,11,14,15);1H4;/t6?,7-,8?;;/m1../s1. The summed E-state index contributed by atoms with van der Waals surface area (Å²) in [6.07, 6.45) is 0.181. The van der Waals surface area contributed by atoms with E-state index in [0.29, 0.717) is 17.7 Å². The number of hydrogen-bond acceptors (Lipinski definition) is 5. The van der Waals surface area contributed by atoms with E-state index in [2.05, 4.69) is 17.6 Å². The minimum Gasteiger partial charge on any atom is -0.390 e. The van der Waals surface area contributed by atoms with Crippen LogP contribution in [-0.2, 0) is 4.74 Å². The molecule has 2 unspecified atom stereocenters. The summed E-state index contributed by atoms with van der Waals surface area (Å²) in [5.41, 5.74) is -0.509. The van der Waals surface area contributed by atoms with E-state index < -0.39 is 23.6 Å². The summed E-state index contributed by atoms with van der Waals surface area (Å²) < 4.78 is 6.79. The first-order valence-electron chi connectivity index (χ1n) is 5.29. The largest absolute Gasteiger partial charge is 0.390 e. The van der Waals surface area contributed by atoms with Gasteiger partial charge in [-0.25, -0.2) is 4.79 Å². The zero-order valence-electron chi connectivity index (χ0n) is 9.87. The molecular weight excluding hydrogens is 483 g/mol. The van der Waals surface area contributed by atoms with Gasteiger partial charge in [0.1, 0.15) is 6.23 Å². The van der Waals surface area contributed by atoms with Gasteiger partial charge in [0.15, 0.2) is 0 Å². The Kier molecular flexibility index (Phi) is 8.15. The quantitative estimate of drug-likeness (QED) is 0.501. The first-order chi connectivity index (χ1) is 8.02. The number of hydrogen-bond donors (Lipinski definition) is 3. The molecular formula is C11H18AcN2O4S. The summed E-state index contributed by atoms with van der Waals surface area (Å²) in [7, 11) is 0. The minimum atomic E-state index is -0.642. The average molecular weight is 501 g/mol. The number of nitrogens with one attached hydrogen (secondary N) is 1. The van der Waals surface area contributed by atoms with E-state index in [1.54, 1.807) is 6.92 Å². The molecule has 1 fully saturated rings. The van der Waals surface area contributed by atoms with Crippen molar-refractivity contribution in [1.29, 1.82) is 0 Å². The summed E-state index contributed by atoms with van der Waals surface area (Å²) in [4.78, 5) is 25.0. The van der Waals surface area contributed by atoms with Crippen LogP contribution in [0.4, 0.5) is 0 Å². The summed E-state index contributed by atoms with van der Waals surface area (Å²) >= 11 is 4.06. The molecule has 0 spiro atoms. The summed E-state index contributed by atoms with van der Waals surface area (Å²) in [5, 5.41) is 9.67. The van der Waals surface area contributed by atoms with Crippen LogP contribution in [0.2, 0.25) is 0 Å². The molecule has 6 nitrogen and oxygen atoms in total. The normalized spacial score (nSPS) is 25.5. The fourth-order valence-electron chi connectivity index (χ4n) is 1.85. The third-order valence-electron chi connectivity index (χ3n) is 2.84. The van der Waals surface area contributed by atoms with E-state index in [-0.39, 0.29) is 57.6 Å². The van der Waals surface area contributed by atoms with E-state index in [4.69, 9.17) is 4.74 Å². The van der Waals surface area contributed by atoms with Crippen molar-refractivity contribution in [3.63, 3.8) is 0 Å². The van der Waals surface area contributed by atoms with Crippen molar-refractivity contribution in [1.82, 2.24) is 9.55 Å². The number of nitrogens with zero attached hydrogens (tertiary/aromatic N) is 1. The molecule has 105 valence electrons. The van der Waals surface area contributed by atoms with Crippen LogP contribution in [0.25, 0.3) is 0 Å². The Morgan fingerprint density at radius 3 is 2.74 bits per heavy atom. The van der Waals surface area contributed by atoms with Crippen LogP contribution in [-0.4, -0.2) is 32.6 Å². The van der Waals surface area contributed by atoms with Gasteiger partial charge in [0.05, 0.1) is 12.2 Å². The van der Waals surface area contributed by atoms with Crippen LogP contribution in [0.1, 0.15) is 25.6 Å². The minimum absolute atomic E-state index is 0. The van der Waals surface area contributed by atoms with E-state index >= 15 is 0 Å². The van der Waals surface area contributed by atoms with Gasteiger partial charge in [-0.1, -0.05) is 7.43 Å². The summed E-state index contributed by atoms with van der Waals surface area (Å²) in [5.74, 6) is 0.384. The Morgan fingerprint density at radius 1 is 1.58 bits per heavy atom. The number of aliphatic hydroxyl groups excluding tert-OH is 1. The number of H-pyrrole nitrogens is 1. The van der Waals surface area contributed by atoms with E-state index in [9.17, 15) is 14.7 Å². The molecule has 1 aliphatic heterocycles. The van der Waals surface area contributed by atoms with Gasteiger partial charge in [-0.3, -0.25) is 14.3 Å². The van der Waals surface area contributed by atoms with E-state index in [1.807, 2.05) is 0 Å². The second kappa shape index (κ2) is 7.99. The fourth-order valence-corrected chi connectivity index (χ4v) is 2.18. The maximum Gasteiger partial charge on any atom is 0.330 e. The van der Waals surface area contributed by atoms with Crippen LogP contribution in [0, 0.1) is 51.0 Å². The zero-order valence-corrected chi connectivity index (χ0v) is 15.5. The fraction of sp³-hybridized carbons (Fsp3) is 0.636. The van der Waals surface area contributed by atoms with Gasteiger partial charge in [0.25, 0.3) is 5.56 Å². The van der Waals surface area contributed by atoms with Crippen molar-refractivity contribution in [2.45, 2.75) is 39.2 Å². The maximum atomic E-state index is 11.6. The topological polar surface area (TPSA) is 84.3 Å². The summed E-state index contributed by atoms with van der Waals surface area (Å²) in [6, 6.07) is 0. The monoisotopic (exact) mass is 501 g/mol.